The Bertz CT molecular complexity index is 1830. The molecule has 1 saturated heterocycles. The van der Waals surface area contributed by atoms with E-state index in [9.17, 15) is 0 Å². The number of ether oxygens (including phenoxy) is 1. The number of benzene rings is 1. The van der Waals surface area contributed by atoms with Crippen molar-refractivity contribution in [3.8, 4) is 5.88 Å². The molecule has 1 aliphatic heterocycles. The molecule has 0 amide bonds. The molecular weight excluding hydrogens is 798 g/mol. The Morgan fingerprint density at radius 2 is 1.38 bits per heavy atom. The van der Waals surface area contributed by atoms with Crippen molar-refractivity contribution < 1.29 is 22.9 Å². The fourth-order valence-corrected chi connectivity index (χ4v) is 9.05. The molecule has 0 aliphatic carbocycles. The molecule has 5 rings (SSSR count). The van der Waals surface area contributed by atoms with Crippen LogP contribution in [0.2, 0.25) is 54.4 Å². The van der Waals surface area contributed by atoms with Gasteiger partial charge in [-0.25, -0.2) is 9.97 Å². The molecule has 50 heavy (non-hydrogen) atoms. The van der Waals surface area contributed by atoms with Gasteiger partial charge >= 0.3 is 0 Å². The van der Waals surface area contributed by atoms with Crippen molar-refractivity contribution in [3.63, 3.8) is 0 Å². The third-order valence-corrected chi connectivity index (χ3v) is 25.2. The summed E-state index contributed by atoms with van der Waals surface area (Å²) in [7, 11) is -6.78. The maximum atomic E-state index is 7.36. The fourth-order valence-electron chi connectivity index (χ4n) is 4.99. The minimum atomic E-state index is -2.35. The number of hydrogen-bond donors (Lipinski definition) is 0. The second-order valence-electron chi connectivity index (χ2n) is 18.0. The molecule has 4 heterocycles. The van der Waals surface area contributed by atoms with Crippen LogP contribution >= 0.6 is 22.6 Å². The van der Waals surface area contributed by atoms with Crippen molar-refractivity contribution in [3.05, 3.63) is 34.4 Å². The maximum Gasteiger partial charge on any atom is 0.280 e. The normalized spacial score (nSPS) is 21.4. The Morgan fingerprint density at radius 3 is 1.98 bits per heavy atom. The van der Waals surface area contributed by atoms with Crippen LogP contribution in [0, 0.1) is 3.83 Å². The van der Waals surface area contributed by atoms with Gasteiger partial charge in [-0.2, -0.15) is 4.98 Å². The van der Waals surface area contributed by atoms with Crippen LogP contribution in [-0.4, -0.2) is 84.5 Å². The summed E-state index contributed by atoms with van der Waals surface area (Å²) < 4.78 is 31.1. The van der Waals surface area contributed by atoms with Gasteiger partial charge in [0.25, 0.3) is 5.88 Å². The molecule has 1 aliphatic rings. The first kappa shape index (κ1) is 39.4. The van der Waals surface area contributed by atoms with Crippen molar-refractivity contribution in [2.24, 2.45) is 0 Å². The standard InChI is InChI=1S/C34H56IN7O5Si3/c1-32(2,3)48(10,11)43-20-24-26(46-49(12,13)33(4,5)6)27(47-50(14,15)34(7,8)9)30(44-24)41-21-36-25-28(41)37-31(35)38-29(25)45-42-23-19-17-16-18-22(23)39-40-42/h16-19,21,24,26-27,30H,20H2,1-15H3/t24-,26-,27-,30-/m1/s1. The van der Waals surface area contributed by atoms with Crippen molar-refractivity contribution in [1.82, 2.24) is 34.7 Å². The van der Waals surface area contributed by atoms with Crippen molar-refractivity contribution in [2.75, 3.05) is 6.61 Å². The largest absolute Gasteiger partial charge is 0.414 e. The van der Waals surface area contributed by atoms with Gasteiger partial charge in [-0.05, 0) is 71.7 Å². The summed E-state index contributed by atoms with van der Waals surface area (Å²) in [5.74, 6) is 0.264. The Balaban J connectivity index is 1.62. The summed E-state index contributed by atoms with van der Waals surface area (Å²) >= 11 is 2.10. The highest BCUT2D eigenvalue weighted by atomic mass is 127. The Kier molecular flexibility index (Phi) is 10.7. The number of rotatable bonds is 10. The van der Waals surface area contributed by atoms with E-state index < -0.39 is 37.3 Å². The van der Waals surface area contributed by atoms with Gasteiger partial charge in [0.1, 0.15) is 29.3 Å². The third kappa shape index (κ3) is 7.77. The average Bonchev–Trinajstić information content (AvgIpc) is 3.66. The minimum Gasteiger partial charge on any atom is -0.414 e. The van der Waals surface area contributed by atoms with Gasteiger partial charge in [-0.3, -0.25) is 4.57 Å². The van der Waals surface area contributed by atoms with E-state index in [0.717, 1.165) is 0 Å². The first-order chi connectivity index (χ1) is 22.8. The molecule has 1 fully saturated rings. The van der Waals surface area contributed by atoms with E-state index in [0.29, 0.717) is 32.6 Å². The van der Waals surface area contributed by atoms with E-state index in [1.54, 1.807) is 6.33 Å². The molecule has 4 atom stereocenters. The van der Waals surface area contributed by atoms with Crippen LogP contribution < -0.4 is 4.84 Å². The Hall–Kier alpha value is -1.81. The first-order valence-corrected chi connectivity index (χ1v) is 27.2. The lowest BCUT2D eigenvalue weighted by molar-refractivity contribution is -0.0470. The zero-order chi connectivity index (χ0) is 37.2. The molecule has 0 saturated carbocycles. The summed E-state index contributed by atoms with van der Waals surface area (Å²) in [6.07, 6.45) is -0.0622. The molecule has 1 aromatic carbocycles. The molecular formula is C34H56IN7O5Si3. The van der Waals surface area contributed by atoms with E-state index in [1.807, 2.05) is 28.8 Å². The van der Waals surface area contributed by atoms with E-state index >= 15 is 0 Å². The molecule has 4 aromatic rings. The summed E-state index contributed by atoms with van der Waals surface area (Å²) in [6.45, 7) is 34.4. The third-order valence-electron chi connectivity index (χ3n) is 11.3. The number of fused-ring (bicyclic) bond motifs is 2. The van der Waals surface area contributed by atoms with E-state index in [1.165, 1.54) is 4.85 Å². The van der Waals surface area contributed by atoms with Crippen LogP contribution in [0.1, 0.15) is 68.5 Å². The van der Waals surface area contributed by atoms with Gasteiger partial charge in [0.2, 0.25) is 0 Å². The van der Waals surface area contributed by atoms with Gasteiger partial charge in [-0.15, -0.1) is 5.10 Å². The molecule has 0 bridgehead atoms. The molecule has 3 aromatic heterocycles. The van der Waals surface area contributed by atoms with Gasteiger partial charge in [0.05, 0.1) is 12.9 Å². The predicted molar refractivity (Wildman–Crippen MR) is 213 cm³/mol. The minimum absolute atomic E-state index is 0.0275. The lowest BCUT2D eigenvalue weighted by Gasteiger charge is -2.44. The number of hydrogen-bond acceptors (Lipinski definition) is 10. The number of para-hydroxylation sites is 1. The second-order valence-corrected chi connectivity index (χ2v) is 33.3. The number of imidazole rings is 1. The molecule has 0 radical (unpaired) electrons. The maximum absolute atomic E-state index is 7.36. The van der Waals surface area contributed by atoms with Crippen LogP contribution in [0.15, 0.2) is 30.6 Å². The zero-order valence-electron chi connectivity index (χ0n) is 32.5. The highest BCUT2D eigenvalue weighted by Crippen LogP contribution is 2.47. The van der Waals surface area contributed by atoms with Crippen LogP contribution in [-0.2, 0) is 18.0 Å². The highest BCUT2D eigenvalue weighted by Gasteiger charge is 2.55. The fraction of sp³-hybridized carbons (Fsp3) is 0.676. The SMILES string of the molecule is CC(C)(C)[Si](C)(C)OC[C@H]1O[C@@H](n2cnc3c(On4nnc5ccccc54)nc(I)nc32)[C@H](O[Si](C)(C)C(C)(C)C)[C@@H]1O[Si](C)(C)C(C)(C)C. The van der Waals surface area contributed by atoms with E-state index in [-0.39, 0.29) is 33.2 Å². The van der Waals surface area contributed by atoms with Crippen LogP contribution in [0.5, 0.6) is 5.88 Å². The van der Waals surface area contributed by atoms with E-state index in [2.05, 4.69) is 139 Å². The van der Waals surface area contributed by atoms with Gasteiger partial charge in [0, 0.05) is 22.6 Å². The summed E-state index contributed by atoms with van der Waals surface area (Å²) in [5, 5.41) is 8.39. The molecule has 0 spiro atoms. The van der Waals surface area contributed by atoms with Gasteiger partial charge in [0.15, 0.2) is 46.2 Å². The molecule has 276 valence electrons. The smallest absolute Gasteiger partial charge is 0.280 e. The summed E-state index contributed by atoms with van der Waals surface area (Å²) in [6, 6.07) is 7.59. The van der Waals surface area contributed by atoms with Gasteiger partial charge < -0.3 is 22.9 Å². The molecule has 16 heteroatoms. The van der Waals surface area contributed by atoms with Crippen molar-refractivity contribution >= 4 is 69.7 Å². The summed E-state index contributed by atoms with van der Waals surface area (Å²) in [5.41, 5.74) is 2.46. The molecule has 12 nitrogen and oxygen atoms in total. The number of nitrogens with zero attached hydrogens (tertiary/aromatic N) is 7. The highest BCUT2D eigenvalue weighted by molar-refractivity contribution is 14.1. The first-order valence-electron chi connectivity index (χ1n) is 17.4. The number of aromatic nitrogens is 7. The van der Waals surface area contributed by atoms with Crippen LogP contribution in [0.25, 0.3) is 22.2 Å². The lowest BCUT2D eigenvalue weighted by Crippen LogP contribution is -2.54. The molecule has 0 unspecified atom stereocenters. The van der Waals surface area contributed by atoms with Gasteiger partial charge in [-0.1, -0.05) is 79.3 Å². The topological polar surface area (TPSA) is 120 Å². The Labute approximate surface area is 313 Å². The van der Waals surface area contributed by atoms with Crippen molar-refractivity contribution in [1.29, 1.82) is 0 Å². The van der Waals surface area contributed by atoms with Crippen LogP contribution in [0.3, 0.4) is 0 Å². The van der Waals surface area contributed by atoms with Crippen LogP contribution in [0.4, 0.5) is 0 Å². The van der Waals surface area contributed by atoms with E-state index in [4.69, 9.17) is 32.8 Å². The number of halogens is 1. The molecule has 0 N–H and O–H groups in total. The Morgan fingerprint density at radius 1 is 0.800 bits per heavy atom. The summed E-state index contributed by atoms with van der Waals surface area (Å²) in [4.78, 5) is 21.8. The quantitative estimate of drug-likeness (QED) is 0.0871. The predicted octanol–water partition coefficient (Wildman–Crippen LogP) is 8.72. The lowest BCUT2D eigenvalue weighted by atomic mass is 10.1. The monoisotopic (exact) mass is 853 g/mol. The zero-order valence-corrected chi connectivity index (χ0v) is 37.6. The average molecular weight is 854 g/mol. The second kappa shape index (κ2) is 13.6. The van der Waals surface area contributed by atoms with Crippen molar-refractivity contribution in [2.45, 2.75) is 141 Å².